The van der Waals surface area contributed by atoms with Crippen molar-refractivity contribution in [3.63, 3.8) is 0 Å². The van der Waals surface area contributed by atoms with Gasteiger partial charge in [0.15, 0.2) is 0 Å². The standard InChI is InChI=1S/C13H16FNO2/c1-13(2)6-8(13)7-15-11-4-3-9(14)5-10(11)12(16)17/h3-5,8,15H,6-7H2,1-2H3,(H,16,17). The average molecular weight is 237 g/mol. The molecule has 0 saturated heterocycles. The second-order valence-electron chi connectivity index (χ2n) is 5.27. The lowest BCUT2D eigenvalue weighted by molar-refractivity contribution is 0.0697. The maximum atomic E-state index is 13.0. The van der Waals surface area contributed by atoms with Gasteiger partial charge in [0.2, 0.25) is 0 Å². The molecule has 0 radical (unpaired) electrons. The molecule has 4 heteroatoms. The van der Waals surface area contributed by atoms with Crippen molar-refractivity contribution in [2.45, 2.75) is 20.3 Å². The summed E-state index contributed by atoms with van der Waals surface area (Å²) < 4.78 is 13.0. The van der Waals surface area contributed by atoms with Gasteiger partial charge in [-0.05, 0) is 36.0 Å². The number of carbonyl (C=O) groups is 1. The fourth-order valence-corrected chi connectivity index (χ4v) is 2.01. The van der Waals surface area contributed by atoms with Crippen LogP contribution in [0.25, 0.3) is 0 Å². The van der Waals surface area contributed by atoms with Crippen LogP contribution in [-0.4, -0.2) is 17.6 Å². The molecule has 1 aliphatic rings. The van der Waals surface area contributed by atoms with E-state index in [0.717, 1.165) is 19.0 Å². The zero-order chi connectivity index (χ0) is 12.6. The molecule has 1 fully saturated rings. The molecule has 2 rings (SSSR count). The first-order valence-electron chi connectivity index (χ1n) is 5.67. The van der Waals surface area contributed by atoms with Crippen LogP contribution in [0.1, 0.15) is 30.6 Å². The van der Waals surface area contributed by atoms with Gasteiger partial charge >= 0.3 is 5.97 Å². The summed E-state index contributed by atoms with van der Waals surface area (Å²) in [6.45, 7) is 5.10. The Morgan fingerprint density at radius 2 is 2.24 bits per heavy atom. The van der Waals surface area contributed by atoms with Gasteiger partial charge in [0.1, 0.15) is 5.82 Å². The van der Waals surface area contributed by atoms with E-state index in [1.807, 2.05) is 0 Å². The normalized spacial score (nSPS) is 21.0. The Labute approximate surface area is 99.7 Å². The van der Waals surface area contributed by atoms with Gasteiger partial charge in [0.05, 0.1) is 5.56 Å². The first-order valence-corrected chi connectivity index (χ1v) is 5.67. The second-order valence-corrected chi connectivity index (χ2v) is 5.27. The van der Waals surface area contributed by atoms with E-state index in [9.17, 15) is 9.18 Å². The third kappa shape index (κ3) is 2.57. The summed E-state index contributed by atoms with van der Waals surface area (Å²) in [6.07, 6.45) is 1.14. The number of carboxylic acid groups (broad SMARTS) is 1. The largest absolute Gasteiger partial charge is 0.478 e. The zero-order valence-corrected chi connectivity index (χ0v) is 9.96. The number of carboxylic acids is 1. The van der Waals surface area contributed by atoms with Gasteiger partial charge in [-0.15, -0.1) is 0 Å². The summed E-state index contributed by atoms with van der Waals surface area (Å²) in [6, 6.07) is 3.80. The average Bonchev–Trinajstić information content (AvgIpc) is 2.84. The smallest absolute Gasteiger partial charge is 0.337 e. The maximum Gasteiger partial charge on any atom is 0.337 e. The van der Waals surface area contributed by atoms with Crippen LogP contribution >= 0.6 is 0 Å². The van der Waals surface area contributed by atoms with Gasteiger partial charge < -0.3 is 10.4 Å². The highest BCUT2D eigenvalue weighted by Gasteiger charge is 2.45. The molecule has 0 heterocycles. The molecule has 0 aliphatic heterocycles. The lowest BCUT2D eigenvalue weighted by Gasteiger charge is -2.10. The molecule has 1 unspecified atom stereocenters. The minimum Gasteiger partial charge on any atom is -0.478 e. The minimum absolute atomic E-state index is 0.0107. The Morgan fingerprint density at radius 1 is 1.59 bits per heavy atom. The SMILES string of the molecule is CC1(C)CC1CNc1ccc(F)cc1C(=O)O. The van der Waals surface area contributed by atoms with Crippen molar-refractivity contribution in [2.24, 2.45) is 11.3 Å². The molecular weight excluding hydrogens is 221 g/mol. The lowest BCUT2D eigenvalue weighted by atomic mass is 10.1. The Hall–Kier alpha value is -1.58. The highest BCUT2D eigenvalue weighted by atomic mass is 19.1. The molecule has 3 nitrogen and oxygen atoms in total. The Kier molecular flexibility index (Phi) is 2.81. The van der Waals surface area contributed by atoms with Crippen molar-refractivity contribution in [1.29, 1.82) is 0 Å². The summed E-state index contributed by atoms with van der Waals surface area (Å²) >= 11 is 0. The Bertz CT molecular complexity index is 457. The highest BCUT2D eigenvalue weighted by molar-refractivity contribution is 5.94. The van der Waals surface area contributed by atoms with Crippen molar-refractivity contribution >= 4 is 11.7 Å². The second kappa shape index (κ2) is 4.02. The van der Waals surface area contributed by atoms with Crippen LogP contribution in [0.4, 0.5) is 10.1 Å². The van der Waals surface area contributed by atoms with E-state index < -0.39 is 11.8 Å². The third-order valence-corrected chi connectivity index (χ3v) is 3.47. The Balaban J connectivity index is 2.08. The first kappa shape index (κ1) is 11.9. The van der Waals surface area contributed by atoms with E-state index in [1.54, 1.807) is 0 Å². The highest BCUT2D eigenvalue weighted by Crippen LogP contribution is 2.51. The molecule has 92 valence electrons. The molecular formula is C13H16FNO2. The van der Waals surface area contributed by atoms with Gasteiger partial charge in [0, 0.05) is 12.2 Å². The number of hydrogen-bond donors (Lipinski definition) is 2. The third-order valence-electron chi connectivity index (χ3n) is 3.47. The fourth-order valence-electron chi connectivity index (χ4n) is 2.01. The summed E-state index contributed by atoms with van der Waals surface area (Å²) in [5.74, 6) is -1.07. The molecule has 2 N–H and O–H groups in total. The molecule has 1 atom stereocenters. The molecule has 17 heavy (non-hydrogen) atoms. The monoisotopic (exact) mass is 237 g/mol. The molecule has 1 saturated carbocycles. The number of nitrogens with one attached hydrogen (secondary N) is 1. The van der Waals surface area contributed by atoms with E-state index >= 15 is 0 Å². The summed E-state index contributed by atoms with van der Waals surface area (Å²) in [7, 11) is 0. The fraction of sp³-hybridized carbons (Fsp3) is 0.462. The van der Waals surface area contributed by atoms with Crippen LogP contribution in [-0.2, 0) is 0 Å². The number of aromatic carboxylic acids is 1. The van der Waals surface area contributed by atoms with E-state index in [-0.39, 0.29) is 5.56 Å². The maximum absolute atomic E-state index is 13.0. The summed E-state index contributed by atoms with van der Waals surface area (Å²) in [5, 5.41) is 12.1. The van der Waals surface area contributed by atoms with Crippen molar-refractivity contribution in [1.82, 2.24) is 0 Å². The van der Waals surface area contributed by atoms with E-state index in [2.05, 4.69) is 19.2 Å². The predicted octanol–water partition coefficient (Wildman–Crippen LogP) is 2.98. The van der Waals surface area contributed by atoms with Crippen LogP contribution in [0, 0.1) is 17.2 Å². The molecule has 1 aromatic rings. The molecule has 0 spiro atoms. The van der Waals surface area contributed by atoms with Crippen LogP contribution in [0.15, 0.2) is 18.2 Å². The predicted molar refractivity (Wildman–Crippen MR) is 63.7 cm³/mol. The van der Waals surface area contributed by atoms with Gasteiger partial charge in [-0.1, -0.05) is 13.8 Å². The first-order chi connectivity index (χ1) is 7.90. The van der Waals surface area contributed by atoms with Crippen molar-refractivity contribution in [3.8, 4) is 0 Å². The summed E-state index contributed by atoms with van der Waals surface area (Å²) in [5.41, 5.74) is 0.821. The minimum atomic E-state index is -1.11. The van der Waals surface area contributed by atoms with Crippen molar-refractivity contribution in [2.75, 3.05) is 11.9 Å². The number of halogens is 1. The number of rotatable bonds is 4. The van der Waals surface area contributed by atoms with Gasteiger partial charge in [-0.2, -0.15) is 0 Å². The van der Waals surface area contributed by atoms with Crippen LogP contribution in [0.2, 0.25) is 0 Å². The molecule has 1 aliphatic carbocycles. The van der Waals surface area contributed by atoms with E-state index in [0.29, 0.717) is 17.0 Å². The van der Waals surface area contributed by atoms with Gasteiger partial charge in [-0.25, -0.2) is 9.18 Å². The molecule has 0 bridgehead atoms. The number of hydrogen-bond acceptors (Lipinski definition) is 2. The molecule has 1 aromatic carbocycles. The topological polar surface area (TPSA) is 49.3 Å². The molecule has 0 aromatic heterocycles. The van der Waals surface area contributed by atoms with Gasteiger partial charge in [0.25, 0.3) is 0 Å². The number of anilines is 1. The number of benzene rings is 1. The quantitative estimate of drug-likeness (QED) is 0.846. The molecule has 0 amide bonds. The van der Waals surface area contributed by atoms with Crippen molar-refractivity contribution < 1.29 is 14.3 Å². The van der Waals surface area contributed by atoms with E-state index in [1.165, 1.54) is 12.1 Å². The zero-order valence-electron chi connectivity index (χ0n) is 9.96. The van der Waals surface area contributed by atoms with Crippen LogP contribution < -0.4 is 5.32 Å². The lowest BCUT2D eigenvalue weighted by Crippen LogP contribution is -2.11. The summed E-state index contributed by atoms with van der Waals surface area (Å²) in [4.78, 5) is 11.0. The van der Waals surface area contributed by atoms with Crippen molar-refractivity contribution in [3.05, 3.63) is 29.6 Å². The van der Waals surface area contributed by atoms with Gasteiger partial charge in [-0.3, -0.25) is 0 Å². The Morgan fingerprint density at radius 3 is 2.76 bits per heavy atom. The van der Waals surface area contributed by atoms with Crippen LogP contribution in [0.3, 0.4) is 0 Å². The van der Waals surface area contributed by atoms with Crippen LogP contribution in [0.5, 0.6) is 0 Å². The van der Waals surface area contributed by atoms with E-state index in [4.69, 9.17) is 5.11 Å².